The zero-order valence-electron chi connectivity index (χ0n) is 10.8. The summed E-state index contributed by atoms with van der Waals surface area (Å²) in [5.74, 6) is 0.675. The number of rotatable bonds is 4. The second kappa shape index (κ2) is 6.55. The molecule has 0 radical (unpaired) electrons. The molecule has 1 saturated carbocycles. The number of hydrogen-bond donors (Lipinski definition) is 2. The molecule has 3 N–H and O–H groups in total. The first-order valence-corrected chi connectivity index (χ1v) is 6.80. The third kappa shape index (κ3) is 4.15. The molecule has 3 heteroatoms. The van der Waals surface area contributed by atoms with Crippen molar-refractivity contribution < 1.29 is 4.79 Å². The predicted molar refractivity (Wildman–Crippen MR) is 73.1 cm³/mol. The van der Waals surface area contributed by atoms with Crippen LogP contribution in [-0.2, 0) is 11.2 Å². The first-order valence-electron chi connectivity index (χ1n) is 6.80. The van der Waals surface area contributed by atoms with Crippen LogP contribution in [0.3, 0.4) is 0 Å². The molecule has 2 atom stereocenters. The summed E-state index contributed by atoms with van der Waals surface area (Å²) >= 11 is 0. The van der Waals surface area contributed by atoms with Gasteiger partial charge in [0.1, 0.15) is 0 Å². The van der Waals surface area contributed by atoms with Crippen LogP contribution in [0.1, 0.15) is 31.2 Å². The quantitative estimate of drug-likeness (QED) is 0.852. The number of carbonyl (C=O) groups excluding carboxylic acids is 1. The van der Waals surface area contributed by atoms with Crippen LogP contribution in [0, 0.1) is 5.92 Å². The highest BCUT2D eigenvalue weighted by Gasteiger charge is 2.19. The molecular weight excluding hydrogens is 224 g/mol. The average Bonchev–Trinajstić information content (AvgIpc) is 2.38. The van der Waals surface area contributed by atoms with E-state index >= 15 is 0 Å². The van der Waals surface area contributed by atoms with Gasteiger partial charge in [-0.15, -0.1) is 0 Å². The van der Waals surface area contributed by atoms with Crippen LogP contribution in [0.2, 0.25) is 0 Å². The van der Waals surface area contributed by atoms with Crippen LogP contribution >= 0.6 is 0 Å². The maximum Gasteiger partial charge on any atom is 0.224 e. The molecule has 1 aliphatic rings. The molecule has 0 saturated heterocycles. The second-order valence-electron chi connectivity index (χ2n) is 5.26. The molecule has 1 aromatic carbocycles. The van der Waals surface area contributed by atoms with Gasteiger partial charge in [-0.1, -0.05) is 36.8 Å². The van der Waals surface area contributed by atoms with Gasteiger partial charge in [-0.05, 0) is 30.7 Å². The van der Waals surface area contributed by atoms with Crippen LogP contribution in [0.5, 0.6) is 0 Å². The Bertz CT molecular complexity index is 377. The van der Waals surface area contributed by atoms with Gasteiger partial charge in [0.15, 0.2) is 0 Å². The zero-order valence-corrected chi connectivity index (χ0v) is 10.8. The number of benzene rings is 1. The van der Waals surface area contributed by atoms with Gasteiger partial charge in [0, 0.05) is 12.6 Å². The highest BCUT2D eigenvalue weighted by molar-refractivity contribution is 5.78. The lowest BCUT2D eigenvalue weighted by atomic mass is 9.86. The van der Waals surface area contributed by atoms with Crippen LogP contribution in [-0.4, -0.2) is 18.5 Å². The molecule has 18 heavy (non-hydrogen) atoms. The largest absolute Gasteiger partial charge is 0.356 e. The fourth-order valence-corrected chi connectivity index (χ4v) is 2.62. The minimum absolute atomic E-state index is 0.111. The van der Waals surface area contributed by atoms with Crippen LogP contribution in [0.15, 0.2) is 30.3 Å². The van der Waals surface area contributed by atoms with Crippen LogP contribution < -0.4 is 11.1 Å². The predicted octanol–water partition coefficient (Wildman–Crippen LogP) is 1.86. The van der Waals surface area contributed by atoms with Crippen molar-refractivity contribution in [3.8, 4) is 0 Å². The molecule has 1 aliphatic carbocycles. The average molecular weight is 246 g/mol. The number of nitrogens with two attached hydrogens (primary N) is 1. The monoisotopic (exact) mass is 246 g/mol. The van der Waals surface area contributed by atoms with E-state index in [4.69, 9.17) is 5.73 Å². The van der Waals surface area contributed by atoms with Crippen molar-refractivity contribution in [3.05, 3.63) is 35.9 Å². The number of nitrogens with one attached hydrogen (secondary N) is 1. The van der Waals surface area contributed by atoms with Gasteiger partial charge in [0.25, 0.3) is 0 Å². The van der Waals surface area contributed by atoms with Crippen molar-refractivity contribution in [1.82, 2.24) is 5.32 Å². The summed E-state index contributed by atoms with van der Waals surface area (Å²) in [7, 11) is 0. The summed E-state index contributed by atoms with van der Waals surface area (Å²) in [5.41, 5.74) is 7.01. The van der Waals surface area contributed by atoms with Crippen molar-refractivity contribution >= 4 is 5.91 Å². The molecule has 98 valence electrons. The fourth-order valence-electron chi connectivity index (χ4n) is 2.62. The molecule has 1 aromatic rings. The first kappa shape index (κ1) is 13.1. The Kier molecular flexibility index (Phi) is 4.76. The Morgan fingerprint density at radius 2 is 2.06 bits per heavy atom. The second-order valence-corrected chi connectivity index (χ2v) is 5.26. The summed E-state index contributed by atoms with van der Waals surface area (Å²) in [6, 6.07) is 10.2. The van der Waals surface area contributed by atoms with E-state index in [0.717, 1.165) is 24.9 Å². The SMILES string of the molecule is NC1CCCC(CNC(=O)Cc2ccccc2)C1. The number of amides is 1. The van der Waals surface area contributed by atoms with Crippen molar-refractivity contribution in [2.24, 2.45) is 11.7 Å². The zero-order chi connectivity index (χ0) is 12.8. The minimum Gasteiger partial charge on any atom is -0.356 e. The summed E-state index contributed by atoms with van der Waals surface area (Å²) < 4.78 is 0. The van der Waals surface area contributed by atoms with Gasteiger partial charge in [0.05, 0.1) is 6.42 Å². The fraction of sp³-hybridized carbons (Fsp3) is 0.533. The lowest BCUT2D eigenvalue weighted by Crippen LogP contribution is -2.36. The third-order valence-corrected chi connectivity index (χ3v) is 3.62. The third-order valence-electron chi connectivity index (χ3n) is 3.62. The van der Waals surface area contributed by atoms with Crippen LogP contribution in [0.25, 0.3) is 0 Å². The van der Waals surface area contributed by atoms with E-state index in [1.54, 1.807) is 0 Å². The molecule has 0 heterocycles. The highest BCUT2D eigenvalue weighted by atomic mass is 16.1. The van der Waals surface area contributed by atoms with Gasteiger partial charge in [0.2, 0.25) is 5.91 Å². The Labute approximate surface area is 109 Å². The molecule has 3 nitrogen and oxygen atoms in total. The standard InChI is InChI=1S/C15H22N2O/c16-14-8-4-7-13(9-14)11-17-15(18)10-12-5-2-1-3-6-12/h1-3,5-6,13-14H,4,7-11,16H2,(H,17,18). The molecule has 0 spiro atoms. The Balaban J connectivity index is 1.71. The molecular formula is C15H22N2O. The van der Waals surface area contributed by atoms with Gasteiger partial charge in [-0.25, -0.2) is 0 Å². The van der Waals surface area contributed by atoms with Gasteiger partial charge in [-0.3, -0.25) is 4.79 Å². The van der Waals surface area contributed by atoms with Crippen molar-refractivity contribution in [2.75, 3.05) is 6.54 Å². The van der Waals surface area contributed by atoms with E-state index < -0.39 is 0 Å². The van der Waals surface area contributed by atoms with E-state index in [-0.39, 0.29) is 5.91 Å². The van der Waals surface area contributed by atoms with Gasteiger partial charge >= 0.3 is 0 Å². The summed E-state index contributed by atoms with van der Waals surface area (Å²) in [6.07, 6.45) is 5.04. The maximum absolute atomic E-state index is 11.8. The molecule has 1 amide bonds. The normalized spacial score (nSPS) is 23.6. The number of carbonyl (C=O) groups is 1. The van der Waals surface area contributed by atoms with E-state index in [1.807, 2.05) is 30.3 Å². The smallest absolute Gasteiger partial charge is 0.224 e. The minimum atomic E-state index is 0.111. The van der Waals surface area contributed by atoms with Crippen molar-refractivity contribution in [2.45, 2.75) is 38.1 Å². The van der Waals surface area contributed by atoms with Gasteiger partial charge in [-0.2, -0.15) is 0 Å². The number of hydrogen-bond acceptors (Lipinski definition) is 2. The molecule has 0 aromatic heterocycles. The maximum atomic E-state index is 11.8. The first-order chi connectivity index (χ1) is 8.74. The lowest BCUT2D eigenvalue weighted by Gasteiger charge is -2.26. The topological polar surface area (TPSA) is 55.1 Å². The molecule has 0 bridgehead atoms. The molecule has 2 unspecified atom stereocenters. The van der Waals surface area contributed by atoms with Gasteiger partial charge < -0.3 is 11.1 Å². The summed E-state index contributed by atoms with van der Waals surface area (Å²) in [5, 5.41) is 3.03. The summed E-state index contributed by atoms with van der Waals surface area (Å²) in [6.45, 7) is 0.777. The van der Waals surface area contributed by atoms with Crippen LogP contribution in [0.4, 0.5) is 0 Å². The highest BCUT2D eigenvalue weighted by Crippen LogP contribution is 2.22. The Morgan fingerprint density at radius 1 is 1.28 bits per heavy atom. The Morgan fingerprint density at radius 3 is 2.78 bits per heavy atom. The van der Waals surface area contributed by atoms with E-state index in [0.29, 0.717) is 18.4 Å². The van der Waals surface area contributed by atoms with E-state index in [1.165, 1.54) is 12.8 Å². The van der Waals surface area contributed by atoms with Crippen molar-refractivity contribution in [3.63, 3.8) is 0 Å². The molecule has 0 aliphatic heterocycles. The Hall–Kier alpha value is -1.35. The van der Waals surface area contributed by atoms with E-state index in [2.05, 4.69) is 5.32 Å². The molecule has 2 rings (SSSR count). The van der Waals surface area contributed by atoms with Crippen molar-refractivity contribution in [1.29, 1.82) is 0 Å². The lowest BCUT2D eigenvalue weighted by molar-refractivity contribution is -0.120. The summed E-state index contributed by atoms with van der Waals surface area (Å²) in [4.78, 5) is 11.8. The molecule has 1 fully saturated rings. The van der Waals surface area contributed by atoms with E-state index in [9.17, 15) is 4.79 Å².